The van der Waals surface area contributed by atoms with E-state index in [1.807, 2.05) is 50.2 Å². The monoisotopic (exact) mass is 801 g/mol. The van der Waals surface area contributed by atoms with Gasteiger partial charge in [-0.05, 0) is 79.4 Å². The van der Waals surface area contributed by atoms with E-state index in [1.54, 1.807) is 36.4 Å². The predicted octanol–water partition coefficient (Wildman–Crippen LogP) is 1.91. The van der Waals surface area contributed by atoms with Crippen LogP contribution in [0, 0.1) is 13.8 Å². The van der Waals surface area contributed by atoms with Crippen molar-refractivity contribution in [1.82, 2.24) is 0 Å². The molecule has 14 nitrogen and oxygen atoms in total. The molecule has 0 fully saturated rings. The second-order valence-electron chi connectivity index (χ2n) is 11.8. The Hall–Kier alpha value is -3.75. The molecule has 0 bridgehead atoms. The number of hydrogen-bond donors (Lipinski definition) is 3. The molecule has 0 saturated heterocycles. The van der Waals surface area contributed by atoms with Gasteiger partial charge in [0.05, 0.1) is 33.2 Å². The zero-order chi connectivity index (χ0) is 37.9. The second-order valence-corrected chi connectivity index (χ2v) is 13.9. The third-order valence-corrected chi connectivity index (χ3v) is 9.40. The van der Waals surface area contributed by atoms with Gasteiger partial charge in [-0.2, -0.15) is 9.45 Å². The van der Waals surface area contributed by atoms with Crippen molar-refractivity contribution < 1.29 is 111 Å². The molecule has 0 aliphatic rings. The quantitative estimate of drug-likeness (QED) is 0.0405. The maximum atomic E-state index is 11.9. The Kier molecular flexibility index (Phi) is 15.1. The smallest absolute Gasteiger partial charge is 0.744 e. The Bertz CT molecular complexity index is 2520. The average Bonchev–Trinajstić information content (AvgIpc) is 3.11. The van der Waals surface area contributed by atoms with E-state index >= 15 is 0 Å². The van der Waals surface area contributed by atoms with Crippen LogP contribution in [0.25, 0.3) is 21.5 Å². The van der Waals surface area contributed by atoms with Crippen LogP contribution in [0.3, 0.4) is 0 Å². The zero-order valence-corrected chi connectivity index (χ0v) is 35.8. The summed E-state index contributed by atoms with van der Waals surface area (Å²) in [6.45, 7) is 5.20. The molecule has 0 aliphatic heterocycles. The average molecular weight is 802 g/mol. The van der Waals surface area contributed by atoms with Crippen molar-refractivity contribution in [2.75, 3.05) is 5.32 Å². The first-order valence-electron chi connectivity index (χ1n) is 15.7. The number of hydrogen-bond acceptors (Lipinski definition) is 14. The third-order valence-electron chi connectivity index (χ3n) is 7.98. The van der Waals surface area contributed by atoms with Gasteiger partial charge in [-0.15, -0.1) is 5.11 Å². The number of carbonyl (C=O) groups excluding carboxylic acids is 1. The minimum absolute atomic E-state index is 0. The van der Waals surface area contributed by atoms with Crippen LogP contribution >= 0.6 is 12.0 Å². The Labute approximate surface area is 363 Å². The number of aryl methyl sites for hydroxylation is 2. The van der Waals surface area contributed by atoms with Crippen LogP contribution in [0.15, 0.2) is 111 Å². The molecule has 0 unspecified atom stereocenters. The molecule has 6 aromatic carbocycles. The molecular formula is C37H29N3Na2O11S2. The topological polar surface area (TPSA) is 211 Å². The summed E-state index contributed by atoms with van der Waals surface area (Å²) >= 11 is 0.344. The van der Waals surface area contributed by atoms with Crippen LogP contribution in [-0.4, -0.2) is 29.1 Å². The first kappa shape index (κ1) is 44.0. The van der Waals surface area contributed by atoms with Crippen LogP contribution in [0.5, 0.6) is 28.7 Å². The maximum absolute atomic E-state index is 11.9. The number of azo groups is 1. The Morgan fingerprint density at radius 1 is 0.873 bits per heavy atom. The molecule has 3 N–H and O–H groups in total. The third kappa shape index (κ3) is 10.4. The molecular weight excluding hydrogens is 773 g/mol. The largest absolute Gasteiger partial charge is 1.00 e. The second kappa shape index (κ2) is 18.9. The molecule has 0 spiro atoms. The first-order valence-corrected chi connectivity index (χ1v) is 17.8. The van der Waals surface area contributed by atoms with E-state index in [1.165, 1.54) is 6.07 Å². The first-order chi connectivity index (χ1) is 25.3. The standard InChI is InChI=1S/C37H31N3O11S2.2Na/c1-20-8-13-31(21(2)14-20)48-19-24-16-32(28-6-4-5-7-29(28)36(24)42)49-26-11-9-25(10-12-26)39-40-35-33(52-51-50-44)17-23-15-27(53(45,46)47)18-30(38-22(3)41)34(23)37(35)43;;/h4-18,42-44H,19H2,1-3H3,(H,38,41)(H,45,46,47);;/q;2*+1/p-2. The number of nitrogens with zero attached hydrogens (tertiary/aromatic N) is 2. The van der Waals surface area contributed by atoms with Gasteiger partial charge >= 0.3 is 59.1 Å². The number of rotatable bonds is 12. The van der Waals surface area contributed by atoms with Gasteiger partial charge in [0.2, 0.25) is 5.91 Å². The molecule has 6 rings (SSSR count). The summed E-state index contributed by atoms with van der Waals surface area (Å²) in [7, 11) is -4.97. The van der Waals surface area contributed by atoms with Gasteiger partial charge in [0.15, 0.2) is 5.75 Å². The maximum Gasteiger partial charge on any atom is 1.00 e. The number of benzene rings is 6. The SMILES string of the molecule is CC(=O)Nc1cc(S(=O)(=O)[O-])cc2cc(SOO[O-])c(N=Nc3ccc(Oc4cc(COc5ccc(C)cc5C)c(O)c5ccccc45)cc3)c(O)c12.[Na+].[Na+]. The van der Waals surface area contributed by atoms with Gasteiger partial charge in [0.1, 0.15) is 45.4 Å². The van der Waals surface area contributed by atoms with Crippen molar-refractivity contribution >= 4 is 66.7 Å². The summed E-state index contributed by atoms with van der Waals surface area (Å²) < 4.78 is 52.2. The van der Waals surface area contributed by atoms with Gasteiger partial charge in [-0.25, -0.2) is 8.42 Å². The van der Waals surface area contributed by atoms with Crippen molar-refractivity contribution in [2.24, 2.45) is 10.2 Å². The fourth-order valence-corrected chi connectivity index (χ4v) is 6.64. The normalized spacial score (nSPS) is 11.3. The summed E-state index contributed by atoms with van der Waals surface area (Å²) in [4.78, 5) is 11.2. The number of nitrogens with one attached hydrogen (secondary N) is 1. The summed E-state index contributed by atoms with van der Waals surface area (Å²) in [5.41, 5.74) is 2.50. The number of amides is 1. The van der Waals surface area contributed by atoms with E-state index in [2.05, 4.69) is 24.9 Å². The minimum atomic E-state index is -4.97. The molecule has 0 saturated carbocycles. The van der Waals surface area contributed by atoms with Gasteiger partial charge in [-0.1, -0.05) is 42.0 Å². The van der Waals surface area contributed by atoms with Crippen molar-refractivity contribution in [3.05, 3.63) is 108 Å². The Balaban J connectivity index is 0.00000336. The number of carbonyl (C=O) groups is 1. The number of fused-ring (bicyclic) bond motifs is 2. The number of aromatic hydroxyl groups is 2. The Morgan fingerprint density at radius 3 is 2.24 bits per heavy atom. The van der Waals surface area contributed by atoms with Crippen LogP contribution in [-0.2, 0) is 30.9 Å². The molecule has 6 aromatic rings. The van der Waals surface area contributed by atoms with Crippen molar-refractivity contribution in [3.63, 3.8) is 0 Å². The van der Waals surface area contributed by atoms with E-state index < -0.39 is 26.7 Å². The Morgan fingerprint density at radius 2 is 1.58 bits per heavy atom. The summed E-state index contributed by atoms with van der Waals surface area (Å²) in [5.74, 6) is 0.490. The van der Waals surface area contributed by atoms with Gasteiger partial charge in [0.25, 0.3) is 0 Å². The number of ether oxygens (including phenoxy) is 2. The van der Waals surface area contributed by atoms with Gasteiger partial charge in [-0.3, -0.25) is 9.83 Å². The van der Waals surface area contributed by atoms with Crippen LogP contribution in [0.2, 0.25) is 0 Å². The predicted molar refractivity (Wildman–Crippen MR) is 192 cm³/mol. The van der Waals surface area contributed by atoms with E-state index in [-0.39, 0.29) is 98.5 Å². The van der Waals surface area contributed by atoms with Crippen LogP contribution < -0.4 is 79.2 Å². The number of phenols is 2. The fraction of sp³-hybridized carbons (Fsp3) is 0.108. The van der Waals surface area contributed by atoms with Crippen LogP contribution in [0.1, 0.15) is 23.6 Å². The summed E-state index contributed by atoms with van der Waals surface area (Å²) in [5, 5.41) is 48.4. The van der Waals surface area contributed by atoms with E-state index in [9.17, 15) is 33.2 Å². The molecule has 1 amide bonds. The molecule has 0 heterocycles. The molecule has 18 heteroatoms. The molecule has 0 radical (unpaired) electrons. The summed E-state index contributed by atoms with van der Waals surface area (Å²) in [6, 6.07) is 24.4. The molecule has 272 valence electrons. The molecule has 55 heavy (non-hydrogen) atoms. The molecule has 0 aliphatic carbocycles. The van der Waals surface area contributed by atoms with Gasteiger partial charge in [0, 0.05) is 28.6 Å². The summed E-state index contributed by atoms with van der Waals surface area (Å²) in [6.07, 6.45) is 0. The van der Waals surface area contributed by atoms with Gasteiger partial charge < -0.3 is 34.8 Å². The minimum Gasteiger partial charge on any atom is -0.744 e. The van der Waals surface area contributed by atoms with Crippen molar-refractivity contribution in [1.29, 1.82) is 0 Å². The van der Waals surface area contributed by atoms with E-state index in [0.717, 1.165) is 30.2 Å². The van der Waals surface area contributed by atoms with Crippen molar-refractivity contribution in [3.8, 4) is 28.7 Å². The zero-order valence-electron chi connectivity index (χ0n) is 30.1. The fourth-order valence-electron chi connectivity index (χ4n) is 5.61. The number of anilines is 1. The molecule has 0 atom stereocenters. The van der Waals surface area contributed by atoms with Crippen LogP contribution in [0.4, 0.5) is 17.1 Å². The van der Waals surface area contributed by atoms with E-state index in [0.29, 0.717) is 51.3 Å². The van der Waals surface area contributed by atoms with Crippen molar-refractivity contribution in [2.45, 2.75) is 37.2 Å². The van der Waals surface area contributed by atoms with E-state index in [4.69, 9.17) is 9.47 Å². The number of phenolic OH excluding ortho intramolecular Hbond substituents is 2. The molecule has 0 aromatic heterocycles.